The lowest BCUT2D eigenvalue weighted by Gasteiger charge is -2.41. The van der Waals surface area contributed by atoms with Crippen LogP contribution in [0.25, 0.3) is 10.2 Å². The fraction of sp³-hybridized carbons (Fsp3) is 0.533. The predicted octanol–water partition coefficient (Wildman–Crippen LogP) is 7.26. The van der Waals surface area contributed by atoms with Crippen LogP contribution in [0, 0.1) is 0 Å². The predicted molar refractivity (Wildman–Crippen MR) is 145 cm³/mol. The van der Waals surface area contributed by atoms with E-state index in [-0.39, 0.29) is 5.91 Å². The minimum atomic E-state index is 0.171. The number of pyridine rings is 1. The van der Waals surface area contributed by atoms with Crippen molar-refractivity contribution in [1.82, 2.24) is 9.88 Å². The van der Waals surface area contributed by atoms with Gasteiger partial charge in [0.1, 0.15) is 9.71 Å². The standard InChI is InChI=1S/C30H37N3OS/c31-27-25-19-22-18-21(20-10-4-1-5-11-20)16-17-26(22)32-29(25)35-28(27)30(34)33(23-12-6-2-7-13-23)24-14-8-3-9-15-24/h1,4-5,10-11,19,21,23-24H,2-3,6-9,12-18,31H2. The number of hydrogen-bond donors (Lipinski definition) is 1. The number of nitrogens with zero attached hydrogens (tertiary/aromatic N) is 2. The molecular formula is C30H37N3OS. The first-order chi connectivity index (χ1) is 17.2. The molecule has 2 fully saturated rings. The molecule has 1 amide bonds. The highest BCUT2D eigenvalue weighted by molar-refractivity contribution is 7.21. The topological polar surface area (TPSA) is 59.2 Å². The number of amides is 1. The van der Waals surface area contributed by atoms with Gasteiger partial charge in [-0.1, -0.05) is 68.9 Å². The second-order valence-electron chi connectivity index (χ2n) is 10.9. The van der Waals surface area contributed by atoms with Crippen molar-refractivity contribution < 1.29 is 4.79 Å². The van der Waals surface area contributed by atoms with E-state index in [4.69, 9.17) is 10.7 Å². The third-order valence-corrected chi connectivity index (χ3v) is 9.82. The van der Waals surface area contributed by atoms with Gasteiger partial charge in [0.05, 0.1) is 5.69 Å². The van der Waals surface area contributed by atoms with Crippen LogP contribution in [0.3, 0.4) is 0 Å². The smallest absolute Gasteiger partial charge is 0.266 e. The lowest BCUT2D eigenvalue weighted by molar-refractivity contribution is 0.0454. The Labute approximate surface area is 212 Å². The minimum Gasteiger partial charge on any atom is -0.397 e. The van der Waals surface area contributed by atoms with Gasteiger partial charge in [0.15, 0.2) is 0 Å². The zero-order valence-corrected chi connectivity index (χ0v) is 21.5. The summed E-state index contributed by atoms with van der Waals surface area (Å²) in [6.07, 6.45) is 15.2. The number of nitrogens with two attached hydrogens (primary N) is 1. The summed E-state index contributed by atoms with van der Waals surface area (Å²) < 4.78 is 0. The van der Waals surface area contributed by atoms with Crippen LogP contribution in [-0.2, 0) is 12.8 Å². The number of anilines is 1. The summed E-state index contributed by atoms with van der Waals surface area (Å²) in [6.45, 7) is 0. The van der Waals surface area contributed by atoms with Gasteiger partial charge in [-0.25, -0.2) is 4.98 Å². The molecule has 5 heteroatoms. The van der Waals surface area contributed by atoms with Gasteiger partial charge in [0, 0.05) is 23.2 Å². The lowest BCUT2D eigenvalue weighted by Crippen LogP contribution is -2.48. The van der Waals surface area contributed by atoms with Crippen molar-refractivity contribution in [3.05, 3.63) is 58.1 Å². The van der Waals surface area contributed by atoms with E-state index in [9.17, 15) is 4.79 Å². The van der Waals surface area contributed by atoms with E-state index in [1.54, 1.807) is 0 Å². The van der Waals surface area contributed by atoms with E-state index in [0.29, 0.717) is 23.7 Å². The summed E-state index contributed by atoms with van der Waals surface area (Å²) in [7, 11) is 0. The Balaban J connectivity index is 1.32. The molecule has 3 aromatic rings. The molecule has 2 N–H and O–H groups in total. The Morgan fingerprint density at radius 2 is 1.57 bits per heavy atom. The fourth-order valence-electron chi connectivity index (χ4n) is 6.82. The molecule has 2 saturated carbocycles. The Kier molecular flexibility index (Phi) is 6.53. The van der Waals surface area contributed by atoms with Gasteiger partial charge in [-0.05, 0) is 68.1 Å². The molecule has 3 aliphatic rings. The van der Waals surface area contributed by atoms with Crippen LogP contribution in [0.15, 0.2) is 36.4 Å². The van der Waals surface area contributed by atoms with Crippen LogP contribution in [0.4, 0.5) is 5.69 Å². The van der Waals surface area contributed by atoms with Gasteiger partial charge in [-0.2, -0.15) is 0 Å². The molecule has 1 unspecified atom stereocenters. The monoisotopic (exact) mass is 487 g/mol. The molecule has 4 nitrogen and oxygen atoms in total. The third kappa shape index (κ3) is 4.48. The van der Waals surface area contributed by atoms with Crippen molar-refractivity contribution in [2.45, 2.75) is 101 Å². The highest BCUT2D eigenvalue weighted by Crippen LogP contribution is 2.40. The number of benzene rings is 1. The van der Waals surface area contributed by atoms with Crippen LogP contribution in [-0.4, -0.2) is 27.9 Å². The fourth-order valence-corrected chi connectivity index (χ4v) is 7.86. The number of carbonyl (C=O) groups is 1. The number of aromatic nitrogens is 1. The molecule has 2 heterocycles. The summed E-state index contributed by atoms with van der Waals surface area (Å²) in [5, 5.41) is 0.984. The Hall–Kier alpha value is -2.40. The van der Waals surface area contributed by atoms with Crippen LogP contribution < -0.4 is 5.73 Å². The number of nitrogen functional groups attached to an aromatic ring is 1. The molecular weight excluding hydrogens is 450 g/mol. The maximum Gasteiger partial charge on any atom is 0.266 e. The summed E-state index contributed by atoms with van der Waals surface area (Å²) >= 11 is 1.53. The molecule has 0 spiro atoms. The number of hydrogen-bond acceptors (Lipinski definition) is 4. The molecule has 1 aromatic carbocycles. The minimum absolute atomic E-state index is 0.171. The number of rotatable bonds is 4. The second-order valence-corrected chi connectivity index (χ2v) is 11.9. The highest BCUT2D eigenvalue weighted by atomic mass is 32.1. The number of carbonyl (C=O) groups excluding carboxylic acids is 1. The van der Waals surface area contributed by atoms with Crippen LogP contribution in [0.5, 0.6) is 0 Å². The lowest BCUT2D eigenvalue weighted by atomic mass is 9.82. The van der Waals surface area contributed by atoms with Crippen molar-refractivity contribution in [3.8, 4) is 0 Å². The molecule has 2 aromatic heterocycles. The van der Waals surface area contributed by atoms with Crippen molar-refractivity contribution in [2.75, 3.05) is 5.73 Å². The largest absolute Gasteiger partial charge is 0.397 e. The van der Waals surface area contributed by atoms with Crippen molar-refractivity contribution in [3.63, 3.8) is 0 Å². The molecule has 184 valence electrons. The summed E-state index contributed by atoms with van der Waals surface area (Å²) in [5.41, 5.74) is 11.3. The Morgan fingerprint density at radius 1 is 0.914 bits per heavy atom. The molecule has 3 aliphatic carbocycles. The first kappa shape index (κ1) is 23.0. The van der Waals surface area contributed by atoms with Crippen molar-refractivity contribution in [2.24, 2.45) is 0 Å². The molecule has 0 bridgehead atoms. The quantitative estimate of drug-likeness (QED) is 0.421. The average Bonchev–Trinajstić information content (AvgIpc) is 3.24. The first-order valence-corrected chi connectivity index (χ1v) is 14.6. The van der Waals surface area contributed by atoms with Crippen LogP contribution >= 0.6 is 11.3 Å². The number of aryl methyl sites for hydroxylation is 1. The van der Waals surface area contributed by atoms with Crippen molar-refractivity contribution >= 4 is 33.1 Å². The van der Waals surface area contributed by atoms with Crippen LogP contribution in [0.2, 0.25) is 0 Å². The molecule has 0 radical (unpaired) electrons. The third-order valence-electron chi connectivity index (χ3n) is 8.72. The summed E-state index contributed by atoms with van der Waals surface area (Å²) in [5.74, 6) is 0.696. The first-order valence-electron chi connectivity index (χ1n) is 13.8. The average molecular weight is 488 g/mol. The molecule has 35 heavy (non-hydrogen) atoms. The van der Waals surface area contributed by atoms with Gasteiger partial charge in [0.2, 0.25) is 0 Å². The molecule has 6 rings (SSSR count). The van der Waals surface area contributed by atoms with E-state index in [0.717, 1.165) is 60.0 Å². The van der Waals surface area contributed by atoms with E-state index < -0.39 is 0 Å². The van der Waals surface area contributed by atoms with E-state index >= 15 is 0 Å². The van der Waals surface area contributed by atoms with E-state index in [1.807, 2.05) is 0 Å². The Bertz CT molecular complexity index is 1170. The zero-order valence-electron chi connectivity index (χ0n) is 20.7. The van der Waals surface area contributed by atoms with Gasteiger partial charge in [-0.3, -0.25) is 4.79 Å². The number of fused-ring (bicyclic) bond motifs is 2. The van der Waals surface area contributed by atoms with E-state index in [2.05, 4.69) is 41.3 Å². The maximum atomic E-state index is 14.1. The van der Waals surface area contributed by atoms with E-state index in [1.165, 1.54) is 66.7 Å². The summed E-state index contributed by atoms with van der Waals surface area (Å²) in [4.78, 5) is 23.1. The maximum absolute atomic E-state index is 14.1. The zero-order chi connectivity index (χ0) is 23.8. The number of thiophene rings is 1. The second kappa shape index (κ2) is 9.93. The van der Waals surface area contributed by atoms with Gasteiger partial charge < -0.3 is 10.6 Å². The Morgan fingerprint density at radius 3 is 2.23 bits per heavy atom. The summed E-state index contributed by atoms with van der Waals surface area (Å²) in [6, 6.07) is 13.8. The van der Waals surface area contributed by atoms with Crippen molar-refractivity contribution in [1.29, 1.82) is 0 Å². The molecule has 0 saturated heterocycles. The van der Waals surface area contributed by atoms with Gasteiger partial charge in [-0.15, -0.1) is 11.3 Å². The molecule has 0 aliphatic heterocycles. The van der Waals surface area contributed by atoms with Crippen LogP contribution in [0.1, 0.15) is 103 Å². The normalized spacial score (nSPS) is 21.7. The SMILES string of the molecule is Nc1c(C(=O)N(C2CCCCC2)C2CCCCC2)sc2nc3c(cc12)CC(c1ccccc1)CC3. The molecule has 1 atom stereocenters. The van der Waals surface area contributed by atoms with Gasteiger partial charge >= 0.3 is 0 Å². The highest BCUT2D eigenvalue weighted by Gasteiger charge is 2.35. The van der Waals surface area contributed by atoms with Gasteiger partial charge in [0.25, 0.3) is 5.91 Å².